The van der Waals surface area contributed by atoms with Gasteiger partial charge in [0.05, 0.1) is 0 Å². The highest BCUT2D eigenvalue weighted by Gasteiger charge is 2.27. The van der Waals surface area contributed by atoms with Crippen molar-refractivity contribution < 1.29 is 19.1 Å². The first-order valence-corrected chi connectivity index (χ1v) is 7.88. The molecule has 0 aliphatic carbocycles. The highest BCUT2D eigenvalue weighted by molar-refractivity contribution is 6.02. The van der Waals surface area contributed by atoms with Gasteiger partial charge in [0.25, 0.3) is 5.91 Å². The first-order chi connectivity index (χ1) is 11.6. The van der Waals surface area contributed by atoms with Crippen LogP contribution in [0, 0.1) is 0 Å². The van der Waals surface area contributed by atoms with Gasteiger partial charge >= 0.3 is 12.1 Å². The lowest BCUT2D eigenvalue weighted by Crippen LogP contribution is -2.38. The Bertz CT molecular complexity index is 676. The molecule has 0 spiro atoms. The van der Waals surface area contributed by atoms with Crippen LogP contribution in [0.2, 0.25) is 0 Å². The Morgan fingerprint density at radius 3 is 2.83 bits per heavy atom. The Hall–Kier alpha value is -2.61. The van der Waals surface area contributed by atoms with Crippen molar-refractivity contribution in [2.45, 2.75) is 12.8 Å². The Morgan fingerprint density at radius 1 is 1.29 bits per heavy atom. The van der Waals surface area contributed by atoms with Gasteiger partial charge in [-0.1, -0.05) is 6.07 Å². The predicted molar refractivity (Wildman–Crippen MR) is 88.1 cm³/mol. The Labute approximate surface area is 139 Å². The number of aryl methyl sites for hydroxylation is 1. The number of benzene rings is 1. The van der Waals surface area contributed by atoms with E-state index in [2.05, 4.69) is 10.6 Å². The van der Waals surface area contributed by atoms with Gasteiger partial charge in [-0.2, -0.15) is 0 Å². The van der Waals surface area contributed by atoms with Crippen LogP contribution in [0.25, 0.3) is 0 Å². The topological polar surface area (TPSA) is 91.0 Å². The van der Waals surface area contributed by atoms with Crippen molar-refractivity contribution in [3.63, 3.8) is 0 Å². The van der Waals surface area contributed by atoms with Crippen LogP contribution in [0.1, 0.15) is 12.0 Å². The highest BCUT2D eigenvalue weighted by atomic mass is 16.5. The Kier molecular flexibility index (Phi) is 4.66. The minimum atomic E-state index is -0.476. The molecular formula is C16H20N4O4. The van der Waals surface area contributed by atoms with Gasteiger partial charge < -0.3 is 20.3 Å². The molecule has 0 aromatic heterocycles. The molecule has 128 valence electrons. The first-order valence-electron chi connectivity index (χ1n) is 7.88. The maximum Gasteiger partial charge on any atom is 0.330 e. The van der Waals surface area contributed by atoms with E-state index >= 15 is 0 Å². The van der Waals surface area contributed by atoms with Crippen LogP contribution in [-0.4, -0.2) is 56.2 Å². The standard InChI is InChI=1S/C16H20N4O4/c1-24-10-14(21)19-7-2-3-11-4-5-12(9-13(11)19)18-16(23)20-8-6-17-15(20)22/h4-5,9H,2-3,6-8,10H2,1H3,(H,17,22)(H,18,23). The van der Waals surface area contributed by atoms with Crippen LogP contribution >= 0.6 is 0 Å². The van der Waals surface area contributed by atoms with E-state index in [4.69, 9.17) is 4.74 Å². The van der Waals surface area contributed by atoms with E-state index in [1.54, 1.807) is 17.0 Å². The summed E-state index contributed by atoms with van der Waals surface area (Å²) in [6.45, 7) is 1.44. The van der Waals surface area contributed by atoms with Gasteiger partial charge in [0.2, 0.25) is 0 Å². The number of nitrogens with zero attached hydrogens (tertiary/aromatic N) is 2. The first kappa shape index (κ1) is 16.3. The normalized spacial score (nSPS) is 16.6. The van der Waals surface area contributed by atoms with Crippen molar-refractivity contribution in [2.24, 2.45) is 0 Å². The SMILES string of the molecule is COCC(=O)N1CCCc2ccc(NC(=O)N3CCNC3=O)cc21. The fraction of sp³-hybridized carbons (Fsp3) is 0.438. The van der Waals surface area contributed by atoms with E-state index in [0.29, 0.717) is 25.3 Å². The molecule has 2 N–H and O–H groups in total. The zero-order valence-electron chi connectivity index (χ0n) is 13.5. The number of hydrogen-bond acceptors (Lipinski definition) is 4. The summed E-state index contributed by atoms with van der Waals surface area (Å²) >= 11 is 0. The van der Waals surface area contributed by atoms with Crippen molar-refractivity contribution in [1.29, 1.82) is 0 Å². The lowest BCUT2D eigenvalue weighted by atomic mass is 10.0. The number of imide groups is 1. The largest absolute Gasteiger partial charge is 0.375 e. The van der Waals surface area contributed by atoms with Crippen molar-refractivity contribution in [2.75, 3.05) is 43.6 Å². The predicted octanol–water partition coefficient (Wildman–Crippen LogP) is 1.17. The maximum atomic E-state index is 12.2. The maximum absolute atomic E-state index is 12.2. The van der Waals surface area contributed by atoms with E-state index in [1.807, 2.05) is 6.07 Å². The van der Waals surface area contributed by atoms with Crippen molar-refractivity contribution in [1.82, 2.24) is 10.2 Å². The van der Waals surface area contributed by atoms with Crippen LogP contribution in [0.15, 0.2) is 18.2 Å². The molecular weight excluding hydrogens is 312 g/mol. The molecule has 0 atom stereocenters. The highest BCUT2D eigenvalue weighted by Crippen LogP contribution is 2.30. The second-order valence-electron chi connectivity index (χ2n) is 5.74. The third-order valence-corrected chi connectivity index (χ3v) is 4.13. The van der Waals surface area contributed by atoms with Crippen LogP contribution in [0.5, 0.6) is 0 Å². The number of urea groups is 2. The lowest BCUT2D eigenvalue weighted by molar-refractivity contribution is -0.122. The monoisotopic (exact) mass is 332 g/mol. The second kappa shape index (κ2) is 6.88. The van der Waals surface area contributed by atoms with E-state index < -0.39 is 12.1 Å². The van der Waals surface area contributed by atoms with E-state index in [9.17, 15) is 14.4 Å². The summed E-state index contributed by atoms with van der Waals surface area (Å²) in [6, 6.07) is 4.59. The average Bonchev–Trinajstić information content (AvgIpc) is 3.00. The number of methoxy groups -OCH3 is 1. The van der Waals surface area contributed by atoms with Gasteiger partial charge in [-0.05, 0) is 30.5 Å². The summed E-state index contributed by atoms with van der Waals surface area (Å²) in [4.78, 5) is 38.7. The third kappa shape index (κ3) is 3.18. The number of hydrogen-bond donors (Lipinski definition) is 2. The minimum Gasteiger partial charge on any atom is -0.375 e. The van der Waals surface area contributed by atoms with Crippen LogP contribution in [0.3, 0.4) is 0 Å². The van der Waals surface area contributed by atoms with Gasteiger partial charge in [0.1, 0.15) is 6.61 Å². The molecule has 8 nitrogen and oxygen atoms in total. The quantitative estimate of drug-likeness (QED) is 0.869. The summed E-state index contributed by atoms with van der Waals surface area (Å²) in [7, 11) is 1.49. The molecule has 1 saturated heterocycles. The summed E-state index contributed by atoms with van der Waals surface area (Å²) < 4.78 is 4.93. The summed E-state index contributed by atoms with van der Waals surface area (Å²) in [5.74, 6) is -0.110. The number of carbonyl (C=O) groups excluding carboxylic acids is 3. The van der Waals surface area contributed by atoms with E-state index in [-0.39, 0.29) is 12.5 Å². The van der Waals surface area contributed by atoms with E-state index in [1.165, 1.54) is 7.11 Å². The molecule has 0 bridgehead atoms. The zero-order valence-corrected chi connectivity index (χ0v) is 13.5. The summed E-state index contributed by atoms with van der Waals surface area (Å²) in [6.07, 6.45) is 1.77. The molecule has 0 saturated carbocycles. The van der Waals surface area contributed by atoms with Crippen LogP contribution in [-0.2, 0) is 16.0 Å². The third-order valence-electron chi connectivity index (χ3n) is 4.13. The molecule has 24 heavy (non-hydrogen) atoms. The number of ether oxygens (including phenoxy) is 1. The number of rotatable bonds is 3. The summed E-state index contributed by atoms with van der Waals surface area (Å²) in [5.41, 5.74) is 2.39. The fourth-order valence-electron chi connectivity index (χ4n) is 2.97. The second-order valence-corrected chi connectivity index (χ2v) is 5.74. The lowest BCUT2D eigenvalue weighted by Gasteiger charge is -2.30. The van der Waals surface area contributed by atoms with Gasteiger partial charge in [-0.15, -0.1) is 0 Å². The van der Waals surface area contributed by atoms with Crippen molar-refractivity contribution in [3.05, 3.63) is 23.8 Å². The molecule has 3 rings (SSSR count). The molecule has 8 heteroatoms. The van der Waals surface area contributed by atoms with Gasteiger partial charge in [-0.25, -0.2) is 14.5 Å². The molecule has 1 aromatic rings. The van der Waals surface area contributed by atoms with Crippen molar-refractivity contribution in [3.8, 4) is 0 Å². The average molecular weight is 332 g/mol. The zero-order chi connectivity index (χ0) is 17.1. The van der Waals surface area contributed by atoms with E-state index in [0.717, 1.165) is 29.0 Å². The molecule has 0 unspecified atom stereocenters. The Balaban J connectivity index is 1.79. The fourth-order valence-corrected chi connectivity index (χ4v) is 2.97. The number of fused-ring (bicyclic) bond motifs is 1. The van der Waals surface area contributed by atoms with Crippen LogP contribution < -0.4 is 15.5 Å². The van der Waals surface area contributed by atoms with Crippen LogP contribution in [0.4, 0.5) is 21.0 Å². The molecule has 5 amide bonds. The molecule has 2 aliphatic heterocycles. The Morgan fingerprint density at radius 2 is 2.12 bits per heavy atom. The molecule has 2 aliphatic rings. The molecule has 0 radical (unpaired) electrons. The number of anilines is 2. The molecule has 2 heterocycles. The van der Waals surface area contributed by atoms with Gasteiger partial charge in [-0.3, -0.25) is 4.79 Å². The smallest absolute Gasteiger partial charge is 0.330 e. The molecule has 1 aromatic carbocycles. The number of nitrogens with one attached hydrogen (secondary N) is 2. The number of amides is 5. The summed E-state index contributed by atoms with van der Waals surface area (Å²) in [5, 5.41) is 5.29. The molecule has 1 fully saturated rings. The van der Waals surface area contributed by atoms with Crippen molar-refractivity contribution >= 4 is 29.3 Å². The number of carbonyl (C=O) groups is 3. The minimum absolute atomic E-state index is 0.0178. The van der Waals surface area contributed by atoms with Gasteiger partial charge in [0.15, 0.2) is 0 Å². The van der Waals surface area contributed by atoms with Gasteiger partial charge in [0, 0.05) is 38.1 Å².